The first-order valence-electron chi connectivity index (χ1n) is 10.2. The standard InChI is InChI=1S/C24H16BrCl2N3O6/c1-34-21-7-13(6-18(25)23(21)35-12-14-2-3-16(26)10-19(14)27)11-28-29-24(31)22-9-15-8-17(30(32)33)4-5-20(15)36-22/h2-11H,12H2,1H3,(H,29,31)/b28-11+. The predicted octanol–water partition coefficient (Wildman–Crippen LogP) is 6.76. The van der Waals surface area contributed by atoms with Gasteiger partial charge in [-0.05, 0) is 57.9 Å². The number of carbonyl (C=O) groups excluding carboxylic acids is 1. The minimum Gasteiger partial charge on any atom is -0.493 e. The van der Waals surface area contributed by atoms with Gasteiger partial charge in [0.15, 0.2) is 17.3 Å². The van der Waals surface area contributed by atoms with Crippen LogP contribution in [0.25, 0.3) is 11.0 Å². The number of amides is 1. The Bertz CT molecular complexity index is 1500. The van der Waals surface area contributed by atoms with Gasteiger partial charge in [0.05, 0.1) is 22.7 Å². The lowest BCUT2D eigenvalue weighted by Gasteiger charge is -2.14. The molecule has 0 aliphatic carbocycles. The fourth-order valence-corrected chi connectivity index (χ4v) is 4.26. The molecule has 0 radical (unpaired) electrons. The number of hydrazone groups is 1. The van der Waals surface area contributed by atoms with Crippen molar-refractivity contribution in [2.24, 2.45) is 5.10 Å². The van der Waals surface area contributed by atoms with E-state index in [0.717, 1.165) is 5.56 Å². The molecule has 1 heterocycles. The third-order valence-electron chi connectivity index (χ3n) is 4.95. The van der Waals surface area contributed by atoms with Crippen LogP contribution in [0.1, 0.15) is 21.7 Å². The van der Waals surface area contributed by atoms with Crippen LogP contribution in [0.2, 0.25) is 10.0 Å². The fraction of sp³-hybridized carbons (Fsp3) is 0.0833. The number of methoxy groups -OCH3 is 1. The summed E-state index contributed by atoms with van der Waals surface area (Å²) in [7, 11) is 1.50. The Kier molecular flexibility index (Phi) is 7.78. The zero-order valence-corrected chi connectivity index (χ0v) is 21.6. The maximum Gasteiger partial charge on any atom is 0.307 e. The molecule has 0 spiro atoms. The maximum atomic E-state index is 12.4. The highest BCUT2D eigenvalue weighted by Gasteiger charge is 2.15. The first-order valence-corrected chi connectivity index (χ1v) is 11.8. The lowest BCUT2D eigenvalue weighted by Crippen LogP contribution is -2.16. The summed E-state index contributed by atoms with van der Waals surface area (Å²) < 4.78 is 17.4. The molecule has 0 atom stereocenters. The molecule has 36 heavy (non-hydrogen) atoms. The Morgan fingerprint density at radius 1 is 1.19 bits per heavy atom. The highest BCUT2D eigenvalue weighted by atomic mass is 79.9. The number of hydrogen-bond donors (Lipinski definition) is 1. The van der Waals surface area contributed by atoms with E-state index in [0.29, 0.717) is 42.5 Å². The van der Waals surface area contributed by atoms with Crippen LogP contribution in [-0.4, -0.2) is 24.2 Å². The molecule has 0 aliphatic rings. The Balaban J connectivity index is 1.45. The smallest absolute Gasteiger partial charge is 0.307 e. The van der Waals surface area contributed by atoms with Gasteiger partial charge < -0.3 is 13.9 Å². The monoisotopic (exact) mass is 591 g/mol. The average molecular weight is 593 g/mol. The van der Waals surface area contributed by atoms with Gasteiger partial charge >= 0.3 is 5.91 Å². The Morgan fingerprint density at radius 3 is 2.72 bits per heavy atom. The number of nitro groups is 1. The number of nitrogens with one attached hydrogen (secondary N) is 1. The molecular formula is C24H16BrCl2N3O6. The molecule has 3 aromatic carbocycles. The molecular weight excluding hydrogens is 577 g/mol. The number of halogens is 3. The Morgan fingerprint density at radius 2 is 2.00 bits per heavy atom. The zero-order chi connectivity index (χ0) is 25.8. The summed E-state index contributed by atoms with van der Waals surface area (Å²) in [5.41, 5.74) is 3.97. The van der Waals surface area contributed by atoms with Gasteiger partial charge in [-0.1, -0.05) is 29.3 Å². The molecule has 4 aromatic rings. The van der Waals surface area contributed by atoms with Crippen molar-refractivity contribution in [3.63, 3.8) is 0 Å². The van der Waals surface area contributed by atoms with E-state index in [1.165, 1.54) is 37.6 Å². The van der Waals surface area contributed by atoms with E-state index in [4.69, 9.17) is 37.1 Å². The van der Waals surface area contributed by atoms with Crippen molar-refractivity contribution in [3.05, 3.63) is 96.1 Å². The molecule has 1 N–H and O–H groups in total. The first kappa shape index (κ1) is 25.5. The van der Waals surface area contributed by atoms with Crippen molar-refractivity contribution in [1.82, 2.24) is 5.43 Å². The summed E-state index contributed by atoms with van der Waals surface area (Å²) in [4.78, 5) is 22.8. The molecule has 9 nitrogen and oxygen atoms in total. The largest absolute Gasteiger partial charge is 0.493 e. The van der Waals surface area contributed by atoms with E-state index < -0.39 is 10.8 Å². The first-order chi connectivity index (χ1) is 17.2. The van der Waals surface area contributed by atoms with E-state index in [-0.39, 0.29) is 18.1 Å². The molecule has 0 saturated heterocycles. The normalized spacial score (nSPS) is 11.1. The van der Waals surface area contributed by atoms with Gasteiger partial charge in [-0.15, -0.1) is 0 Å². The number of non-ortho nitro benzene ring substituents is 1. The van der Waals surface area contributed by atoms with Crippen molar-refractivity contribution in [2.75, 3.05) is 7.11 Å². The molecule has 12 heteroatoms. The summed E-state index contributed by atoms with van der Waals surface area (Å²) >= 11 is 15.6. The van der Waals surface area contributed by atoms with Crippen LogP contribution in [0.15, 0.2) is 68.6 Å². The Labute approximate surface area is 222 Å². The van der Waals surface area contributed by atoms with Gasteiger partial charge in [0.2, 0.25) is 0 Å². The lowest BCUT2D eigenvalue weighted by molar-refractivity contribution is -0.384. The van der Waals surface area contributed by atoms with E-state index in [2.05, 4.69) is 26.5 Å². The van der Waals surface area contributed by atoms with Crippen LogP contribution < -0.4 is 14.9 Å². The van der Waals surface area contributed by atoms with Crippen LogP contribution in [0, 0.1) is 10.1 Å². The van der Waals surface area contributed by atoms with Crippen molar-refractivity contribution < 1.29 is 23.6 Å². The van der Waals surface area contributed by atoms with Crippen LogP contribution in [0.5, 0.6) is 11.5 Å². The van der Waals surface area contributed by atoms with E-state index in [9.17, 15) is 14.9 Å². The number of rotatable bonds is 8. The van der Waals surface area contributed by atoms with E-state index in [1.54, 1.807) is 30.3 Å². The summed E-state index contributed by atoms with van der Waals surface area (Å²) in [6.45, 7) is 0.190. The highest BCUT2D eigenvalue weighted by Crippen LogP contribution is 2.37. The number of benzene rings is 3. The van der Waals surface area contributed by atoms with E-state index in [1.807, 2.05) is 0 Å². The number of furan rings is 1. The molecule has 0 aliphatic heterocycles. The fourth-order valence-electron chi connectivity index (χ4n) is 3.22. The average Bonchev–Trinajstić information content (AvgIpc) is 3.27. The Hall–Kier alpha value is -3.60. The third-order valence-corrected chi connectivity index (χ3v) is 6.13. The number of nitrogens with zero attached hydrogens (tertiary/aromatic N) is 2. The second-order valence-corrected chi connectivity index (χ2v) is 9.05. The minimum atomic E-state index is -0.615. The third kappa shape index (κ3) is 5.78. The predicted molar refractivity (Wildman–Crippen MR) is 139 cm³/mol. The van der Waals surface area contributed by atoms with Crippen molar-refractivity contribution >= 4 is 67.9 Å². The zero-order valence-electron chi connectivity index (χ0n) is 18.5. The van der Waals surface area contributed by atoms with Gasteiger partial charge in [0.1, 0.15) is 12.2 Å². The van der Waals surface area contributed by atoms with Crippen LogP contribution in [0.4, 0.5) is 5.69 Å². The second-order valence-electron chi connectivity index (χ2n) is 7.35. The highest BCUT2D eigenvalue weighted by molar-refractivity contribution is 9.10. The van der Waals surface area contributed by atoms with Crippen molar-refractivity contribution in [2.45, 2.75) is 6.61 Å². The quantitative estimate of drug-likeness (QED) is 0.137. The lowest BCUT2D eigenvalue weighted by atomic mass is 10.2. The number of carbonyl (C=O) groups is 1. The molecule has 0 fully saturated rings. The number of fused-ring (bicyclic) bond motifs is 1. The number of ether oxygens (including phenoxy) is 2. The molecule has 0 bridgehead atoms. The number of hydrogen-bond acceptors (Lipinski definition) is 7. The molecule has 0 saturated carbocycles. The maximum absolute atomic E-state index is 12.4. The molecule has 184 valence electrons. The molecule has 1 amide bonds. The van der Waals surface area contributed by atoms with Crippen LogP contribution in [-0.2, 0) is 6.61 Å². The van der Waals surface area contributed by atoms with Crippen LogP contribution in [0.3, 0.4) is 0 Å². The molecule has 0 unspecified atom stereocenters. The SMILES string of the molecule is COc1cc(/C=N/NC(=O)c2cc3cc([N+](=O)[O-])ccc3o2)cc(Br)c1OCc1ccc(Cl)cc1Cl. The number of nitro benzene ring substituents is 1. The van der Waals surface area contributed by atoms with Gasteiger partial charge in [-0.2, -0.15) is 5.10 Å². The summed E-state index contributed by atoms with van der Waals surface area (Å²) in [6.07, 6.45) is 1.42. The summed E-state index contributed by atoms with van der Waals surface area (Å²) in [6, 6.07) is 14.0. The minimum absolute atomic E-state index is 0.0361. The second kappa shape index (κ2) is 11.0. The van der Waals surface area contributed by atoms with E-state index >= 15 is 0 Å². The van der Waals surface area contributed by atoms with Gasteiger partial charge in [0.25, 0.3) is 5.69 Å². The topological polar surface area (TPSA) is 116 Å². The molecule has 1 aromatic heterocycles. The molecule has 4 rings (SSSR count). The summed E-state index contributed by atoms with van der Waals surface area (Å²) in [5, 5.41) is 16.3. The van der Waals surface area contributed by atoms with Gasteiger partial charge in [0, 0.05) is 33.1 Å². The van der Waals surface area contributed by atoms with Gasteiger partial charge in [-0.3, -0.25) is 14.9 Å². The van der Waals surface area contributed by atoms with Crippen molar-refractivity contribution in [3.8, 4) is 11.5 Å². The summed E-state index contributed by atoms with van der Waals surface area (Å²) in [5.74, 6) is 0.240. The van der Waals surface area contributed by atoms with Crippen molar-refractivity contribution in [1.29, 1.82) is 0 Å². The van der Waals surface area contributed by atoms with Crippen LogP contribution >= 0.6 is 39.1 Å². The van der Waals surface area contributed by atoms with Gasteiger partial charge in [-0.25, -0.2) is 5.43 Å².